The maximum Gasteiger partial charge on any atom is 0.270 e. The van der Waals surface area contributed by atoms with Gasteiger partial charge in [0, 0.05) is 16.9 Å². The zero-order valence-electron chi connectivity index (χ0n) is 15.4. The molecule has 5 nitrogen and oxygen atoms in total. The first kappa shape index (κ1) is 19.7. The second kappa shape index (κ2) is 7.67. The van der Waals surface area contributed by atoms with Gasteiger partial charge in [0.15, 0.2) is 4.91 Å². The highest BCUT2D eigenvalue weighted by atomic mass is 35.5. The van der Waals surface area contributed by atoms with Crippen LogP contribution in [0, 0.1) is 6.92 Å². The minimum atomic E-state index is -4.03. The Labute approximate surface area is 178 Å². The van der Waals surface area contributed by atoms with Gasteiger partial charge in [-0.15, -0.1) is 11.3 Å². The van der Waals surface area contributed by atoms with Gasteiger partial charge in [-0.1, -0.05) is 41.4 Å². The molecule has 0 saturated carbocycles. The standard InChI is InChI=1S/C21H17ClN2O3S2/c1-14-2-8-17(9-3-14)23-12-19-20(25)21-18(10-11-28-21)24(29(19,26)27)13-15-4-6-16(22)7-5-15/h2-12,23H,13H2,1H3. The minimum Gasteiger partial charge on any atom is -0.360 e. The summed E-state index contributed by atoms with van der Waals surface area (Å²) in [5.41, 5.74) is 2.96. The number of halogens is 1. The van der Waals surface area contributed by atoms with E-state index in [-0.39, 0.29) is 11.4 Å². The summed E-state index contributed by atoms with van der Waals surface area (Å²) in [5.74, 6) is -0.498. The predicted molar refractivity (Wildman–Crippen MR) is 118 cm³/mol. The number of rotatable bonds is 4. The Bertz CT molecular complexity index is 1200. The summed E-state index contributed by atoms with van der Waals surface area (Å²) in [7, 11) is -4.03. The number of carbonyl (C=O) groups excluding carboxylic acids is 1. The van der Waals surface area contributed by atoms with Crippen molar-refractivity contribution in [2.24, 2.45) is 0 Å². The van der Waals surface area contributed by atoms with Crippen LogP contribution in [0.15, 0.2) is 71.1 Å². The van der Waals surface area contributed by atoms with E-state index in [1.165, 1.54) is 21.8 Å². The number of nitrogens with zero attached hydrogens (tertiary/aromatic N) is 1. The van der Waals surface area contributed by atoms with E-state index in [4.69, 9.17) is 11.6 Å². The number of aryl methyl sites for hydroxylation is 1. The number of benzene rings is 2. The second-order valence-electron chi connectivity index (χ2n) is 6.62. The third-order valence-corrected chi connectivity index (χ3v) is 7.49. The van der Waals surface area contributed by atoms with Crippen LogP contribution in [0.5, 0.6) is 0 Å². The van der Waals surface area contributed by atoms with Gasteiger partial charge in [-0.2, -0.15) is 0 Å². The highest BCUT2D eigenvalue weighted by Crippen LogP contribution is 2.39. The molecule has 4 rings (SSSR count). The van der Waals surface area contributed by atoms with Crippen molar-refractivity contribution in [3.05, 3.63) is 92.1 Å². The van der Waals surface area contributed by atoms with Gasteiger partial charge < -0.3 is 5.32 Å². The van der Waals surface area contributed by atoms with Gasteiger partial charge in [-0.25, -0.2) is 8.42 Å². The summed E-state index contributed by atoms with van der Waals surface area (Å²) in [6.45, 7) is 2.07. The third kappa shape index (κ3) is 3.81. The highest BCUT2D eigenvalue weighted by molar-refractivity contribution is 7.97. The molecule has 0 amide bonds. The average Bonchev–Trinajstić information content (AvgIpc) is 3.17. The molecule has 2 aromatic carbocycles. The summed E-state index contributed by atoms with van der Waals surface area (Å²) in [5, 5.41) is 5.24. The van der Waals surface area contributed by atoms with E-state index in [1.54, 1.807) is 35.7 Å². The SMILES string of the molecule is Cc1ccc(NC=C2C(=O)c3sccc3N(Cc3ccc(Cl)cc3)S2(=O)=O)cc1. The lowest BCUT2D eigenvalue weighted by atomic mass is 10.2. The number of carbonyl (C=O) groups is 1. The molecule has 148 valence electrons. The van der Waals surface area contributed by atoms with Crippen LogP contribution in [-0.4, -0.2) is 14.2 Å². The molecule has 0 fully saturated rings. The third-order valence-electron chi connectivity index (χ3n) is 4.57. The monoisotopic (exact) mass is 444 g/mol. The first-order chi connectivity index (χ1) is 13.9. The number of thiophene rings is 1. The van der Waals surface area contributed by atoms with Crippen LogP contribution in [0.2, 0.25) is 5.02 Å². The van der Waals surface area contributed by atoms with Crippen LogP contribution in [0.1, 0.15) is 20.8 Å². The molecule has 29 heavy (non-hydrogen) atoms. The number of hydrogen-bond donors (Lipinski definition) is 1. The molecule has 0 atom stereocenters. The molecule has 0 spiro atoms. The lowest BCUT2D eigenvalue weighted by molar-refractivity contribution is 0.104. The van der Waals surface area contributed by atoms with Gasteiger partial charge in [-0.3, -0.25) is 9.10 Å². The van der Waals surface area contributed by atoms with E-state index in [9.17, 15) is 13.2 Å². The number of ketones is 1. The van der Waals surface area contributed by atoms with Crippen molar-refractivity contribution in [3.8, 4) is 0 Å². The first-order valence-electron chi connectivity index (χ1n) is 8.79. The summed E-state index contributed by atoms with van der Waals surface area (Å²) in [6.07, 6.45) is 1.28. The van der Waals surface area contributed by atoms with Gasteiger partial charge in [0.25, 0.3) is 10.0 Å². The van der Waals surface area contributed by atoms with Crippen molar-refractivity contribution in [2.75, 3.05) is 9.62 Å². The molecule has 0 unspecified atom stereocenters. The van der Waals surface area contributed by atoms with Crippen LogP contribution in [0.4, 0.5) is 11.4 Å². The van der Waals surface area contributed by atoms with Crippen molar-refractivity contribution >= 4 is 50.1 Å². The van der Waals surface area contributed by atoms with Gasteiger partial charge in [0.2, 0.25) is 5.78 Å². The Hall–Kier alpha value is -2.61. The fraction of sp³-hybridized carbons (Fsp3) is 0.0952. The van der Waals surface area contributed by atoms with Crippen LogP contribution >= 0.6 is 22.9 Å². The topological polar surface area (TPSA) is 66.5 Å². The molecule has 1 aromatic heterocycles. The fourth-order valence-corrected chi connectivity index (χ4v) is 5.62. The number of allylic oxidation sites excluding steroid dienone is 1. The molecule has 0 saturated heterocycles. The Balaban J connectivity index is 1.73. The van der Waals surface area contributed by atoms with Gasteiger partial charge in [0.1, 0.15) is 4.88 Å². The van der Waals surface area contributed by atoms with Crippen LogP contribution in [-0.2, 0) is 16.6 Å². The number of Topliss-reactive ketones (excluding diaryl/α,β-unsaturated/α-hetero) is 1. The number of hydrogen-bond acceptors (Lipinski definition) is 5. The van der Waals surface area contributed by atoms with E-state index in [0.29, 0.717) is 21.3 Å². The predicted octanol–water partition coefficient (Wildman–Crippen LogP) is 5.20. The normalized spacial score (nSPS) is 16.7. The van der Waals surface area contributed by atoms with Gasteiger partial charge in [0.05, 0.1) is 12.2 Å². The number of fused-ring (bicyclic) bond motifs is 1. The number of nitrogens with one attached hydrogen (secondary N) is 1. The molecule has 8 heteroatoms. The lowest BCUT2D eigenvalue weighted by Crippen LogP contribution is -2.38. The van der Waals surface area contributed by atoms with Gasteiger partial charge >= 0.3 is 0 Å². The molecule has 0 aliphatic carbocycles. The van der Waals surface area contributed by atoms with Crippen LogP contribution < -0.4 is 9.62 Å². The Morgan fingerprint density at radius 3 is 2.45 bits per heavy atom. The molecule has 1 N–H and O–H groups in total. The van der Waals surface area contributed by atoms with Crippen molar-refractivity contribution in [1.29, 1.82) is 0 Å². The Morgan fingerprint density at radius 2 is 1.76 bits per heavy atom. The minimum absolute atomic E-state index is 0.110. The number of anilines is 2. The summed E-state index contributed by atoms with van der Waals surface area (Å²) in [4.78, 5) is 13.0. The zero-order valence-corrected chi connectivity index (χ0v) is 17.8. The fourth-order valence-electron chi connectivity index (χ4n) is 3.01. The summed E-state index contributed by atoms with van der Waals surface area (Å²) >= 11 is 7.17. The van der Waals surface area contributed by atoms with E-state index >= 15 is 0 Å². The van der Waals surface area contributed by atoms with E-state index in [2.05, 4.69) is 5.32 Å². The summed E-state index contributed by atoms with van der Waals surface area (Å²) < 4.78 is 27.9. The molecule has 3 aromatic rings. The van der Waals surface area contributed by atoms with Crippen LogP contribution in [0.25, 0.3) is 0 Å². The largest absolute Gasteiger partial charge is 0.360 e. The molecular formula is C21H17ClN2O3S2. The molecular weight excluding hydrogens is 428 g/mol. The molecule has 2 heterocycles. The Morgan fingerprint density at radius 1 is 1.07 bits per heavy atom. The van der Waals surface area contributed by atoms with Crippen molar-refractivity contribution < 1.29 is 13.2 Å². The quantitative estimate of drug-likeness (QED) is 0.562. The average molecular weight is 445 g/mol. The molecule has 0 radical (unpaired) electrons. The molecule has 0 bridgehead atoms. The summed E-state index contributed by atoms with van der Waals surface area (Å²) in [6, 6.07) is 16.1. The van der Waals surface area contributed by atoms with E-state index < -0.39 is 15.8 Å². The van der Waals surface area contributed by atoms with Crippen molar-refractivity contribution in [2.45, 2.75) is 13.5 Å². The van der Waals surface area contributed by atoms with Crippen molar-refractivity contribution in [1.82, 2.24) is 0 Å². The molecule has 1 aliphatic heterocycles. The Kier molecular flexibility index (Phi) is 5.21. The second-order valence-corrected chi connectivity index (χ2v) is 9.80. The smallest absolute Gasteiger partial charge is 0.270 e. The van der Waals surface area contributed by atoms with E-state index in [0.717, 1.165) is 11.1 Å². The molecule has 1 aliphatic rings. The van der Waals surface area contributed by atoms with Crippen molar-refractivity contribution in [3.63, 3.8) is 0 Å². The van der Waals surface area contributed by atoms with Gasteiger partial charge in [-0.05, 0) is 48.2 Å². The maximum atomic E-state index is 13.3. The highest BCUT2D eigenvalue weighted by Gasteiger charge is 2.41. The lowest BCUT2D eigenvalue weighted by Gasteiger charge is -2.29. The first-order valence-corrected chi connectivity index (χ1v) is 11.5. The van der Waals surface area contributed by atoms with Crippen LogP contribution in [0.3, 0.4) is 0 Å². The zero-order chi connectivity index (χ0) is 20.6. The number of sulfonamides is 1. The van der Waals surface area contributed by atoms with E-state index in [1.807, 2.05) is 31.2 Å². The maximum absolute atomic E-state index is 13.3.